The molecule has 33 heavy (non-hydrogen) atoms. The first-order valence-electron chi connectivity index (χ1n) is 10.4. The van der Waals surface area contributed by atoms with Gasteiger partial charge in [0.15, 0.2) is 22.9 Å². The Hall–Kier alpha value is -3.61. The van der Waals surface area contributed by atoms with E-state index in [-0.39, 0.29) is 13.3 Å². The zero-order valence-corrected chi connectivity index (χ0v) is 18.3. The number of ketones is 1. The zero-order chi connectivity index (χ0) is 23.0. The lowest BCUT2D eigenvalue weighted by atomic mass is 9.89. The maximum Gasteiger partial charge on any atom is 0.264 e. The highest BCUT2D eigenvalue weighted by molar-refractivity contribution is 6.31. The lowest BCUT2D eigenvalue weighted by Crippen LogP contribution is -2.41. The quantitative estimate of drug-likeness (QED) is 0.548. The first-order valence-corrected chi connectivity index (χ1v) is 10.8. The molecule has 0 radical (unpaired) electrons. The van der Waals surface area contributed by atoms with E-state index in [2.05, 4.69) is 0 Å². The molecule has 0 fully saturated rings. The number of fused-ring (bicyclic) bond motifs is 2. The van der Waals surface area contributed by atoms with E-state index >= 15 is 0 Å². The smallest absolute Gasteiger partial charge is 0.264 e. The Morgan fingerprint density at radius 2 is 1.85 bits per heavy atom. The molecule has 1 N–H and O–H groups in total. The van der Waals surface area contributed by atoms with Gasteiger partial charge in [0.1, 0.15) is 0 Å². The monoisotopic (exact) mass is 461 g/mol. The molecule has 1 unspecified atom stereocenters. The van der Waals surface area contributed by atoms with Crippen LogP contribution in [-0.4, -0.2) is 23.6 Å². The van der Waals surface area contributed by atoms with Gasteiger partial charge in [0.2, 0.25) is 6.79 Å². The Bertz CT molecular complexity index is 1270. The summed E-state index contributed by atoms with van der Waals surface area (Å²) < 4.78 is 10.6. The molecule has 0 saturated carbocycles. The number of halogens is 1. The van der Waals surface area contributed by atoms with Crippen molar-refractivity contribution in [2.45, 2.75) is 18.6 Å². The third-order valence-electron chi connectivity index (χ3n) is 5.77. The summed E-state index contributed by atoms with van der Waals surface area (Å²) in [5, 5.41) is 11.8. The van der Waals surface area contributed by atoms with E-state index in [0.29, 0.717) is 27.8 Å². The van der Waals surface area contributed by atoms with Crippen LogP contribution in [0.3, 0.4) is 0 Å². The normalized spacial score (nSPS) is 18.7. The third kappa shape index (κ3) is 3.99. The Kier molecular flexibility index (Phi) is 5.40. The molecule has 3 aromatic rings. The summed E-state index contributed by atoms with van der Waals surface area (Å²) in [7, 11) is 0. The third-order valence-corrected chi connectivity index (χ3v) is 6.00. The van der Waals surface area contributed by atoms with Crippen molar-refractivity contribution in [1.29, 1.82) is 0 Å². The topological polar surface area (TPSA) is 76.1 Å². The molecule has 2 heterocycles. The number of hydrogen-bond acceptors (Lipinski definition) is 5. The highest BCUT2D eigenvalue weighted by Gasteiger charge is 2.50. The molecule has 166 valence electrons. The predicted octanol–water partition coefficient (Wildman–Crippen LogP) is 4.48. The summed E-state index contributed by atoms with van der Waals surface area (Å²) in [6.07, 6.45) is 2.58. The van der Waals surface area contributed by atoms with E-state index in [1.807, 2.05) is 30.3 Å². The molecule has 6 nitrogen and oxygen atoms in total. The van der Waals surface area contributed by atoms with E-state index in [9.17, 15) is 14.7 Å². The second kappa shape index (κ2) is 8.39. The number of allylic oxidation sites excluding steroid dienone is 1. The molecular formula is C26H20ClNO5. The molecule has 3 aromatic carbocycles. The Labute approximate surface area is 195 Å². The molecule has 5 rings (SSSR count). The number of hydrogen-bond donors (Lipinski definition) is 1. The largest absolute Gasteiger partial charge is 0.454 e. The van der Waals surface area contributed by atoms with Gasteiger partial charge in [-0.2, -0.15) is 0 Å². The Morgan fingerprint density at radius 1 is 1.06 bits per heavy atom. The molecule has 1 amide bonds. The lowest BCUT2D eigenvalue weighted by Gasteiger charge is -2.22. The zero-order valence-electron chi connectivity index (χ0n) is 17.5. The fourth-order valence-electron chi connectivity index (χ4n) is 4.13. The van der Waals surface area contributed by atoms with Crippen LogP contribution in [0.5, 0.6) is 11.5 Å². The first-order chi connectivity index (χ1) is 15.9. The van der Waals surface area contributed by atoms with Gasteiger partial charge in [-0.15, -0.1) is 0 Å². The molecule has 0 aliphatic carbocycles. The van der Waals surface area contributed by atoms with Gasteiger partial charge in [-0.1, -0.05) is 54.1 Å². The summed E-state index contributed by atoms with van der Waals surface area (Å²) in [4.78, 5) is 27.7. The Balaban J connectivity index is 1.40. The minimum Gasteiger partial charge on any atom is -0.454 e. The number of carbonyl (C=O) groups is 2. The average molecular weight is 462 g/mol. The number of anilines is 1. The molecule has 2 aliphatic rings. The van der Waals surface area contributed by atoms with E-state index in [4.69, 9.17) is 21.1 Å². The van der Waals surface area contributed by atoms with Crippen molar-refractivity contribution in [3.05, 3.63) is 94.5 Å². The van der Waals surface area contributed by atoms with Crippen molar-refractivity contribution in [2.24, 2.45) is 0 Å². The number of nitrogens with zero attached hydrogens (tertiary/aromatic N) is 1. The summed E-state index contributed by atoms with van der Waals surface area (Å²) in [5.41, 5.74) is 0.534. The van der Waals surface area contributed by atoms with E-state index in [1.54, 1.807) is 42.5 Å². The molecule has 0 spiro atoms. The number of ether oxygens (including phenoxy) is 2. The molecule has 2 aliphatic heterocycles. The van der Waals surface area contributed by atoms with Crippen molar-refractivity contribution in [3.63, 3.8) is 0 Å². The van der Waals surface area contributed by atoms with Crippen molar-refractivity contribution in [2.75, 3.05) is 11.7 Å². The van der Waals surface area contributed by atoms with Crippen LogP contribution in [-0.2, 0) is 21.7 Å². The lowest BCUT2D eigenvalue weighted by molar-refractivity contribution is -0.140. The van der Waals surface area contributed by atoms with Crippen LogP contribution in [0.2, 0.25) is 5.02 Å². The van der Waals surface area contributed by atoms with Crippen molar-refractivity contribution >= 4 is 35.1 Å². The second-order valence-corrected chi connectivity index (χ2v) is 8.42. The predicted molar refractivity (Wildman–Crippen MR) is 124 cm³/mol. The summed E-state index contributed by atoms with van der Waals surface area (Å²) in [6.45, 7) is 0.440. The van der Waals surface area contributed by atoms with E-state index in [0.717, 1.165) is 11.1 Å². The van der Waals surface area contributed by atoms with Gasteiger partial charge in [-0.3, -0.25) is 9.59 Å². The SMILES string of the molecule is O=C(/C=C/c1ccc2c(c1)OCO2)CC1(O)C(=O)N(Cc2ccccc2)c2ccc(Cl)cc21. The fraction of sp³-hybridized carbons (Fsp3) is 0.154. The van der Waals surface area contributed by atoms with E-state index in [1.165, 1.54) is 11.0 Å². The molecule has 0 aromatic heterocycles. The van der Waals surface area contributed by atoms with Gasteiger partial charge in [0.05, 0.1) is 18.7 Å². The average Bonchev–Trinajstić information content (AvgIpc) is 3.36. The molecule has 0 saturated heterocycles. The van der Waals surface area contributed by atoms with Crippen LogP contribution in [0.15, 0.2) is 72.8 Å². The van der Waals surface area contributed by atoms with Crippen molar-refractivity contribution in [1.82, 2.24) is 0 Å². The Morgan fingerprint density at radius 3 is 2.67 bits per heavy atom. The number of benzene rings is 3. The number of rotatable bonds is 6. The van der Waals surface area contributed by atoms with Gasteiger partial charge in [0.25, 0.3) is 5.91 Å². The highest BCUT2D eigenvalue weighted by atomic mass is 35.5. The first kappa shape index (κ1) is 21.2. The van der Waals surface area contributed by atoms with Gasteiger partial charge in [-0.05, 0) is 47.5 Å². The number of aliphatic hydroxyl groups is 1. The summed E-state index contributed by atoms with van der Waals surface area (Å²) in [6, 6.07) is 19.7. The van der Waals surface area contributed by atoms with Crippen LogP contribution in [0.1, 0.15) is 23.1 Å². The van der Waals surface area contributed by atoms with Crippen LogP contribution < -0.4 is 14.4 Å². The maximum atomic E-state index is 13.4. The molecule has 7 heteroatoms. The van der Waals surface area contributed by atoms with Crippen molar-refractivity contribution in [3.8, 4) is 11.5 Å². The van der Waals surface area contributed by atoms with Crippen LogP contribution in [0.25, 0.3) is 6.08 Å². The van der Waals surface area contributed by atoms with Gasteiger partial charge in [0, 0.05) is 10.6 Å². The van der Waals surface area contributed by atoms with Gasteiger partial charge in [-0.25, -0.2) is 0 Å². The van der Waals surface area contributed by atoms with Gasteiger partial charge >= 0.3 is 0 Å². The summed E-state index contributed by atoms with van der Waals surface area (Å²) in [5.74, 6) is 0.315. The van der Waals surface area contributed by atoms with Crippen LogP contribution in [0.4, 0.5) is 5.69 Å². The maximum absolute atomic E-state index is 13.4. The highest BCUT2D eigenvalue weighted by Crippen LogP contribution is 2.44. The van der Waals surface area contributed by atoms with Crippen LogP contribution in [0, 0.1) is 0 Å². The number of carbonyl (C=O) groups excluding carboxylic acids is 2. The molecule has 0 bridgehead atoms. The molecule has 1 atom stereocenters. The van der Waals surface area contributed by atoms with E-state index < -0.39 is 23.7 Å². The van der Waals surface area contributed by atoms with Gasteiger partial charge < -0.3 is 19.5 Å². The fourth-order valence-corrected chi connectivity index (χ4v) is 4.31. The summed E-state index contributed by atoms with van der Waals surface area (Å²) >= 11 is 6.17. The minimum absolute atomic E-state index is 0.165. The molecular weight excluding hydrogens is 442 g/mol. The van der Waals surface area contributed by atoms with Crippen molar-refractivity contribution < 1.29 is 24.2 Å². The second-order valence-electron chi connectivity index (χ2n) is 7.99. The standard InChI is InChI=1S/C26H20ClNO5/c27-19-8-10-22-21(13-19)26(31,25(30)28(22)15-18-4-2-1-3-5-18)14-20(29)9-6-17-7-11-23-24(12-17)33-16-32-23/h1-13,31H,14-16H2/b9-6+. The van der Waals surface area contributed by atoms with Crippen LogP contribution >= 0.6 is 11.6 Å². The minimum atomic E-state index is -1.99. The number of amides is 1.